The molecular formula is C16H19IN2O2S. The van der Waals surface area contributed by atoms with Crippen LogP contribution in [0.5, 0.6) is 0 Å². The largest absolute Gasteiger partial charge is 0.379 e. The third-order valence-electron chi connectivity index (χ3n) is 4.16. The average molecular weight is 430 g/mol. The molecule has 4 nitrogen and oxygen atoms in total. The minimum atomic E-state index is -0.0714. The van der Waals surface area contributed by atoms with Crippen LogP contribution in [0.15, 0.2) is 30.5 Å². The molecule has 1 unspecified atom stereocenters. The Balaban J connectivity index is 1.96. The third-order valence-corrected chi connectivity index (χ3v) is 5.03. The molecule has 6 heteroatoms. The van der Waals surface area contributed by atoms with Gasteiger partial charge in [-0.2, -0.15) is 0 Å². The highest BCUT2D eigenvalue weighted by molar-refractivity contribution is 14.1. The minimum Gasteiger partial charge on any atom is -0.379 e. The number of pyridine rings is 1. The predicted molar refractivity (Wildman–Crippen MR) is 98.9 cm³/mol. The zero-order valence-electron chi connectivity index (χ0n) is 12.6. The first-order valence-corrected chi connectivity index (χ1v) is 8.76. The second kappa shape index (κ2) is 6.92. The van der Waals surface area contributed by atoms with Crippen molar-refractivity contribution in [1.82, 2.24) is 8.10 Å². The van der Waals surface area contributed by atoms with Gasteiger partial charge in [0.2, 0.25) is 0 Å². The number of fused-ring (bicyclic) bond motifs is 1. The van der Waals surface area contributed by atoms with E-state index in [1.165, 1.54) is 10.9 Å². The second-order valence-corrected chi connectivity index (χ2v) is 6.75. The van der Waals surface area contributed by atoms with E-state index in [1.807, 2.05) is 10.8 Å². The van der Waals surface area contributed by atoms with Crippen LogP contribution in [0.25, 0.3) is 10.8 Å². The molecule has 118 valence electrons. The summed E-state index contributed by atoms with van der Waals surface area (Å²) in [5.41, 5.74) is 1.24. The average Bonchev–Trinajstić information content (AvgIpc) is 2.90. The molecular weight excluding hydrogens is 411 g/mol. The number of halogens is 1. The number of hydrogen-bond donors (Lipinski definition) is 1. The molecule has 0 radical (unpaired) electrons. The third kappa shape index (κ3) is 3.07. The highest BCUT2D eigenvalue weighted by atomic mass is 127. The van der Waals surface area contributed by atoms with Gasteiger partial charge in [0, 0.05) is 54.5 Å². The van der Waals surface area contributed by atoms with Gasteiger partial charge in [0.05, 0.1) is 12.2 Å². The van der Waals surface area contributed by atoms with Crippen LogP contribution in [0, 0.1) is 11.6 Å². The van der Waals surface area contributed by atoms with Crippen LogP contribution >= 0.6 is 35.1 Å². The van der Waals surface area contributed by atoms with Crippen molar-refractivity contribution in [3.63, 3.8) is 0 Å². The molecule has 1 saturated heterocycles. The van der Waals surface area contributed by atoms with Crippen molar-refractivity contribution in [2.75, 3.05) is 13.7 Å². The van der Waals surface area contributed by atoms with Crippen LogP contribution in [0.4, 0.5) is 0 Å². The number of nitrogens with one attached hydrogen (secondary N) is 1. The molecule has 0 spiro atoms. The molecule has 3 rings (SSSR count). The topological polar surface area (TPSA) is 35.4 Å². The Hall–Kier alpha value is -0.540. The fraction of sp³-hybridized carbons (Fsp3) is 0.438. The maximum absolute atomic E-state index is 6.15. The summed E-state index contributed by atoms with van der Waals surface area (Å²) in [6.07, 6.45) is 2.90. The molecule has 2 heterocycles. The van der Waals surface area contributed by atoms with E-state index in [9.17, 15) is 0 Å². The van der Waals surface area contributed by atoms with Gasteiger partial charge < -0.3 is 14.0 Å². The van der Waals surface area contributed by atoms with Crippen LogP contribution in [-0.4, -0.2) is 30.4 Å². The zero-order chi connectivity index (χ0) is 15.7. The molecule has 0 amide bonds. The van der Waals surface area contributed by atoms with Crippen LogP contribution in [0.3, 0.4) is 0 Å². The number of hydrogen-bond acceptors (Lipinski definition) is 4. The van der Waals surface area contributed by atoms with Crippen molar-refractivity contribution in [3.8, 4) is 0 Å². The summed E-state index contributed by atoms with van der Waals surface area (Å²) >= 11 is 7.81. The van der Waals surface area contributed by atoms with Crippen molar-refractivity contribution in [2.24, 2.45) is 0 Å². The van der Waals surface area contributed by atoms with Gasteiger partial charge in [-0.25, -0.2) is 0 Å². The molecule has 1 aliphatic heterocycles. The maximum Gasteiger partial charge on any atom is 0.137 e. The predicted octanol–water partition coefficient (Wildman–Crippen LogP) is 3.92. The maximum atomic E-state index is 6.15. The van der Waals surface area contributed by atoms with Crippen molar-refractivity contribution in [2.45, 2.75) is 31.8 Å². The van der Waals surface area contributed by atoms with Gasteiger partial charge >= 0.3 is 0 Å². The Morgan fingerprint density at radius 2 is 2.27 bits per heavy atom. The quantitative estimate of drug-likeness (QED) is 0.453. The van der Waals surface area contributed by atoms with Crippen LogP contribution < -0.4 is 3.53 Å². The van der Waals surface area contributed by atoms with E-state index in [0.717, 1.165) is 23.0 Å². The fourth-order valence-electron chi connectivity index (χ4n) is 2.99. The molecule has 0 aliphatic carbocycles. The summed E-state index contributed by atoms with van der Waals surface area (Å²) in [7, 11) is 1.74. The lowest BCUT2D eigenvalue weighted by Crippen LogP contribution is -2.31. The molecule has 0 bridgehead atoms. The van der Waals surface area contributed by atoms with Gasteiger partial charge in [0.25, 0.3) is 0 Å². The second-order valence-electron chi connectivity index (χ2n) is 5.60. The first-order valence-electron chi connectivity index (χ1n) is 7.27. The highest BCUT2D eigenvalue weighted by Gasteiger charge is 2.36. The van der Waals surface area contributed by atoms with Gasteiger partial charge in [0.15, 0.2) is 0 Å². The van der Waals surface area contributed by atoms with E-state index in [4.69, 9.17) is 21.7 Å². The molecule has 1 aliphatic rings. The summed E-state index contributed by atoms with van der Waals surface area (Å²) in [5, 5.41) is 2.27. The van der Waals surface area contributed by atoms with E-state index in [1.54, 1.807) is 7.11 Å². The number of aromatic nitrogens is 1. The number of methoxy groups -OCH3 is 1. The number of nitrogens with zero attached hydrogens (tertiary/aromatic N) is 1. The van der Waals surface area contributed by atoms with Gasteiger partial charge in [-0.3, -0.25) is 3.53 Å². The van der Waals surface area contributed by atoms with Crippen LogP contribution in [-0.2, 0) is 9.47 Å². The van der Waals surface area contributed by atoms with Crippen LogP contribution in [0.2, 0.25) is 0 Å². The lowest BCUT2D eigenvalue weighted by atomic mass is 10.1. The molecule has 1 aromatic carbocycles. The Labute approximate surface area is 149 Å². The van der Waals surface area contributed by atoms with Gasteiger partial charge in [-0.1, -0.05) is 36.0 Å². The lowest BCUT2D eigenvalue weighted by Gasteiger charge is -2.17. The Morgan fingerprint density at radius 3 is 3.00 bits per heavy atom. The first kappa shape index (κ1) is 16.3. The lowest BCUT2D eigenvalue weighted by molar-refractivity contribution is -0.0232. The summed E-state index contributed by atoms with van der Waals surface area (Å²) in [5.74, 6) is 0. The SMILES string of the molecule is COC1C[C@H](n2ccc3cc(C)ccc3c2=S)O[C@@H]1CNI. The summed E-state index contributed by atoms with van der Waals surface area (Å²) in [6, 6.07) is 8.45. The normalized spacial score (nSPS) is 25.0. The number of aryl methyl sites for hydroxylation is 1. The number of benzene rings is 1. The zero-order valence-corrected chi connectivity index (χ0v) is 15.6. The monoisotopic (exact) mass is 430 g/mol. The summed E-state index contributed by atoms with van der Waals surface area (Å²) < 4.78 is 17.7. The van der Waals surface area contributed by atoms with E-state index < -0.39 is 0 Å². The van der Waals surface area contributed by atoms with Crippen molar-refractivity contribution in [1.29, 1.82) is 0 Å². The first-order chi connectivity index (χ1) is 10.6. The fourth-order valence-corrected chi connectivity index (χ4v) is 3.79. The van der Waals surface area contributed by atoms with Crippen molar-refractivity contribution >= 4 is 45.9 Å². The Bertz CT molecular complexity index is 734. The molecule has 3 atom stereocenters. The number of ether oxygens (including phenoxy) is 2. The molecule has 0 saturated carbocycles. The van der Waals surface area contributed by atoms with Crippen molar-refractivity contribution in [3.05, 3.63) is 40.7 Å². The van der Waals surface area contributed by atoms with E-state index in [-0.39, 0.29) is 18.4 Å². The Kier molecular flexibility index (Phi) is 5.13. The number of rotatable bonds is 4. The molecule has 22 heavy (non-hydrogen) atoms. The van der Waals surface area contributed by atoms with E-state index in [2.05, 4.69) is 57.6 Å². The van der Waals surface area contributed by atoms with E-state index in [0.29, 0.717) is 0 Å². The molecule has 2 aromatic rings. The van der Waals surface area contributed by atoms with E-state index >= 15 is 0 Å². The minimum absolute atomic E-state index is 0.0440. The van der Waals surface area contributed by atoms with Gasteiger partial charge in [-0.15, -0.1) is 0 Å². The van der Waals surface area contributed by atoms with Gasteiger partial charge in [-0.05, 0) is 18.4 Å². The summed E-state index contributed by atoms with van der Waals surface area (Å²) in [6.45, 7) is 2.85. The molecule has 1 N–H and O–H groups in total. The van der Waals surface area contributed by atoms with Gasteiger partial charge in [0.1, 0.15) is 10.9 Å². The smallest absolute Gasteiger partial charge is 0.137 e. The van der Waals surface area contributed by atoms with Crippen molar-refractivity contribution < 1.29 is 9.47 Å². The standard InChI is InChI=1S/C16H19IN2O2S/c1-10-3-4-12-11(7-10)5-6-19(16(12)22)15-8-13(20-2)14(21-15)9-18-17/h3-7,13-15,18H,8-9H2,1-2H3/t13?,14-,15-/m1/s1. The highest BCUT2D eigenvalue weighted by Crippen LogP contribution is 2.32. The summed E-state index contributed by atoms with van der Waals surface area (Å²) in [4.78, 5) is 0. The molecule has 1 fully saturated rings. The Morgan fingerprint density at radius 1 is 1.45 bits per heavy atom. The van der Waals surface area contributed by atoms with Crippen LogP contribution in [0.1, 0.15) is 18.2 Å². The molecule has 1 aromatic heterocycles.